The third kappa shape index (κ3) is 5.82. The number of sulfonamides is 1. The number of Topliss-reactive ketones (excluding diaryl/α,β-unsaturated/α-hetero) is 1. The van der Waals surface area contributed by atoms with Crippen molar-refractivity contribution in [2.24, 2.45) is 0 Å². The summed E-state index contributed by atoms with van der Waals surface area (Å²) < 4.78 is 31.8. The van der Waals surface area contributed by atoms with E-state index in [1.54, 1.807) is 36.4 Å². The van der Waals surface area contributed by atoms with Gasteiger partial charge in [-0.25, -0.2) is 8.42 Å². The minimum Gasteiger partial charge on any atom is -0.460 e. The minimum absolute atomic E-state index is 0.0300. The van der Waals surface area contributed by atoms with E-state index >= 15 is 0 Å². The van der Waals surface area contributed by atoms with E-state index in [0.717, 1.165) is 11.3 Å². The van der Waals surface area contributed by atoms with E-state index in [0.29, 0.717) is 31.6 Å². The first kappa shape index (κ1) is 19.9. The van der Waals surface area contributed by atoms with Crippen LogP contribution in [0.25, 0.3) is 0 Å². The molecule has 0 spiro atoms. The van der Waals surface area contributed by atoms with Gasteiger partial charge in [0.15, 0.2) is 5.75 Å². The lowest BCUT2D eigenvalue weighted by atomic mass is 10.1. The molecule has 1 aliphatic heterocycles. The summed E-state index contributed by atoms with van der Waals surface area (Å²) in [7, 11) is -3.87. The van der Waals surface area contributed by atoms with Crippen LogP contribution in [-0.4, -0.2) is 39.0 Å². The van der Waals surface area contributed by atoms with Gasteiger partial charge in [-0.3, -0.25) is 14.3 Å². The number of esters is 1. The highest BCUT2D eigenvalue weighted by Gasteiger charge is 2.19. The Kier molecular flexibility index (Phi) is 6.30. The van der Waals surface area contributed by atoms with E-state index < -0.39 is 21.7 Å². The largest absolute Gasteiger partial charge is 0.460 e. The fraction of sp³-hybridized carbons (Fsp3) is 0.300. The van der Waals surface area contributed by atoms with Gasteiger partial charge in [0.1, 0.15) is 12.4 Å². The van der Waals surface area contributed by atoms with Crippen LogP contribution < -0.4 is 9.62 Å². The molecule has 148 valence electrons. The lowest BCUT2D eigenvalue weighted by Gasteiger charge is -2.28. The number of nitrogens with zero attached hydrogens (tertiary/aromatic N) is 1. The standard InChI is InChI=1S/C20H22N2O5S/c23-19-10-12-22(13-11-19)18-8-6-17(7-9-18)21-28(25,26)15-20(24)27-14-16-4-2-1-3-5-16/h1-9,21H,10-15H2. The van der Waals surface area contributed by atoms with Gasteiger partial charge < -0.3 is 9.64 Å². The van der Waals surface area contributed by atoms with Crippen molar-refractivity contribution >= 4 is 33.2 Å². The lowest BCUT2D eigenvalue weighted by molar-refractivity contribution is -0.141. The fourth-order valence-electron chi connectivity index (χ4n) is 2.91. The summed E-state index contributed by atoms with van der Waals surface area (Å²) >= 11 is 0. The maximum atomic E-state index is 12.2. The number of hydrogen-bond acceptors (Lipinski definition) is 6. The van der Waals surface area contributed by atoms with Gasteiger partial charge in [0.05, 0.1) is 0 Å². The molecule has 3 rings (SSSR count). The molecule has 2 aromatic carbocycles. The smallest absolute Gasteiger partial charge is 0.323 e. The third-order valence-electron chi connectivity index (χ3n) is 4.38. The monoisotopic (exact) mass is 402 g/mol. The summed E-state index contributed by atoms with van der Waals surface area (Å²) in [4.78, 5) is 25.2. The SMILES string of the molecule is O=C1CCN(c2ccc(NS(=O)(=O)CC(=O)OCc3ccccc3)cc2)CC1. The molecular weight excluding hydrogens is 380 g/mol. The Morgan fingerprint density at radius 1 is 1.00 bits per heavy atom. The fourth-order valence-corrected chi connectivity index (χ4v) is 3.87. The van der Waals surface area contributed by atoms with Crippen LogP contribution >= 0.6 is 0 Å². The maximum absolute atomic E-state index is 12.2. The molecule has 1 fully saturated rings. The second-order valence-electron chi connectivity index (χ2n) is 6.58. The Hall–Kier alpha value is -2.87. The Morgan fingerprint density at radius 2 is 1.64 bits per heavy atom. The van der Waals surface area contributed by atoms with E-state index in [9.17, 15) is 18.0 Å². The van der Waals surface area contributed by atoms with E-state index in [4.69, 9.17) is 4.74 Å². The molecule has 1 heterocycles. The first-order valence-corrected chi connectivity index (χ1v) is 10.6. The first-order chi connectivity index (χ1) is 13.4. The van der Waals surface area contributed by atoms with E-state index in [2.05, 4.69) is 9.62 Å². The van der Waals surface area contributed by atoms with Crippen molar-refractivity contribution in [3.63, 3.8) is 0 Å². The highest BCUT2D eigenvalue weighted by atomic mass is 32.2. The Morgan fingerprint density at radius 3 is 2.29 bits per heavy atom. The van der Waals surface area contributed by atoms with Crippen LogP contribution in [0.1, 0.15) is 18.4 Å². The van der Waals surface area contributed by atoms with Crippen LogP contribution in [0.4, 0.5) is 11.4 Å². The number of ether oxygens (including phenoxy) is 1. The zero-order chi connectivity index (χ0) is 20.0. The van der Waals surface area contributed by atoms with Gasteiger partial charge in [0.2, 0.25) is 10.0 Å². The second kappa shape index (κ2) is 8.88. The molecule has 7 nitrogen and oxygen atoms in total. The predicted octanol–water partition coefficient (Wildman–Crippen LogP) is 2.34. The first-order valence-electron chi connectivity index (χ1n) is 8.98. The minimum atomic E-state index is -3.87. The van der Waals surface area contributed by atoms with Crippen molar-refractivity contribution in [3.05, 3.63) is 60.2 Å². The summed E-state index contributed by atoms with van der Waals surface area (Å²) in [6.07, 6.45) is 1.05. The van der Waals surface area contributed by atoms with E-state index in [1.165, 1.54) is 0 Å². The number of nitrogens with one attached hydrogen (secondary N) is 1. The number of carbonyl (C=O) groups is 2. The summed E-state index contributed by atoms with van der Waals surface area (Å²) in [5.74, 6) is -1.30. The molecule has 0 aliphatic carbocycles. The molecule has 0 amide bonds. The number of ketones is 1. The number of piperidine rings is 1. The van der Waals surface area contributed by atoms with Crippen molar-refractivity contribution in [2.45, 2.75) is 19.4 Å². The van der Waals surface area contributed by atoms with Crippen LogP contribution in [-0.2, 0) is 31.0 Å². The highest BCUT2D eigenvalue weighted by molar-refractivity contribution is 7.93. The van der Waals surface area contributed by atoms with E-state index in [-0.39, 0.29) is 12.4 Å². The highest BCUT2D eigenvalue weighted by Crippen LogP contribution is 2.21. The Bertz CT molecular complexity index is 917. The maximum Gasteiger partial charge on any atom is 0.323 e. The molecule has 2 aromatic rings. The molecule has 0 bridgehead atoms. The lowest BCUT2D eigenvalue weighted by Crippen LogP contribution is -2.33. The molecule has 0 saturated carbocycles. The molecule has 1 aliphatic rings. The summed E-state index contributed by atoms with van der Waals surface area (Å²) in [5.41, 5.74) is 2.08. The van der Waals surface area contributed by atoms with Crippen LogP contribution in [0.15, 0.2) is 54.6 Å². The van der Waals surface area contributed by atoms with Crippen molar-refractivity contribution < 1.29 is 22.7 Å². The topological polar surface area (TPSA) is 92.8 Å². The Labute approximate surface area is 164 Å². The molecule has 0 atom stereocenters. The molecule has 0 radical (unpaired) electrons. The zero-order valence-corrected chi connectivity index (χ0v) is 16.2. The van der Waals surface area contributed by atoms with Crippen molar-refractivity contribution in [3.8, 4) is 0 Å². The molecule has 0 aromatic heterocycles. The van der Waals surface area contributed by atoms with Crippen LogP contribution in [0.2, 0.25) is 0 Å². The normalized spacial score (nSPS) is 14.6. The third-order valence-corrected chi connectivity index (χ3v) is 5.54. The second-order valence-corrected chi connectivity index (χ2v) is 8.30. The van der Waals surface area contributed by atoms with Crippen molar-refractivity contribution in [1.29, 1.82) is 0 Å². The quantitative estimate of drug-likeness (QED) is 0.715. The molecule has 8 heteroatoms. The molecule has 0 unspecified atom stereocenters. The van der Waals surface area contributed by atoms with Crippen LogP contribution in [0, 0.1) is 0 Å². The van der Waals surface area contributed by atoms with Crippen LogP contribution in [0.3, 0.4) is 0 Å². The van der Waals surface area contributed by atoms with Gasteiger partial charge in [0.25, 0.3) is 0 Å². The molecule has 1 N–H and O–H groups in total. The van der Waals surface area contributed by atoms with Gasteiger partial charge in [-0.15, -0.1) is 0 Å². The van der Waals surface area contributed by atoms with Crippen LogP contribution in [0.5, 0.6) is 0 Å². The number of hydrogen-bond donors (Lipinski definition) is 1. The predicted molar refractivity (Wildman–Crippen MR) is 107 cm³/mol. The zero-order valence-electron chi connectivity index (χ0n) is 15.3. The summed E-state index contributed by atoms with van der Waals surface area (Å²) in [5, 5.41) is 0. The van der Waals surface area contributed by atoms with Crippen molar-refractivity contribution in [1.82, 2.24) is 0 Å². The summed E-state index contributed by atoms with van der Waals surface area (Å²) in [6.45, 7) is 1.36. The average molecular weight is 402 g/mol. The Balaban J connectivity index is 1.51. The van der Waals surface area contributed by atoms with Gasteiger partial charge in [-0.05, 0) is 29.8 Å². The molecule has 28 heavy (non-hydrogen) atoms. The number of carbonyl (C=O) groups excluding carboxylic acids is 2. The molecular formula is C20H22N2O5S. The average Bonchev–Trinajstić information content (AvgIpc) is 2.68. The molecule has 1 saturated heterocycles. The van der Waals surface area contributed by atoms with Gasteiger partial charge >= 0.3 is 5.97 Å². The van der Waals surface area contributed by atoms with E-state index in [1.807, 2.05) is 18.2 Å². The van der Waals surface area contributed by atoms with Gasteiger partial charge in [0, 0.05) is 37.3 Å². The summed E-state index contributed by atoms with van der Waals surface area (Å²) in [6, 6.07) is 15.9. The van der Waals surface area contributed by atoms with Crippen molar-refractivity contribution in [2.75, 3.05) is 28.5 Å². The van der Waals surface area contributed by atoms with Gasteiger partial charge in [-0.2, -0.15) is 0 Å². The number of rotatable bonds is 7. The van der Waals surface area contributed by atoms with Gasteiger partial charge in [-0.1, -0.05) is 30.3 Å². The number of anilines is 2. The number of benzene rings is 2.